The van der Waals surface area contributed by atoms with Gasteiger partial charge in [-0.1, -0.05) is 48.6 Å². The zero-order chi connectivity index (χ0) is 39.7. The summed E-state index contributed by atoms with van der Waals surface area (Å²) in [6, 6.07) is 23.9. The molecule has 1 aliphatic rings. The van der Waals surface area contributed by atoms with E-state index < -0.39 is 59.4 Å². The van der Waals surface area contributed by atoms with Crippen LogP contribution in [0.2, 0.25) is 0 Å². The van der Waals surface area contributed by atoms with Crippen LogP contribution in [0.1, 0.15) is 67.5 Å². The average molecular weight is 753 g/mol. The number of amides is 2. The van der Waals surface area contributed by atoms with E-state index in [1.54, 1.807) is 114 Å². The minimum Gasteiger partial charge on any atom is -0.497 e. The fourth-order valence-electron chi connectivity index (χ4n) is 6.07. The lowest BCUT2D eigenvalue weighted by molar-refractivity contribution is -0.167. The van der Waals surface area contributed by atoms with Crippen molar-refractivity contribution < 1.29 is 52.4 Å². The molecule has 2 amide bonds. The molecule has 1 aliphatic heterocycles. The Morgan fingerprint density at radius 1 is 0.927 bits per heavy atom. The Balaban J connectivity index is 1.51. The first-order valence-corrected chi connectivity index (χ1v) is 17.7. The number of aliphatic carboxylic acids is 1. The van der Waals surface area contributed by atoms with Crippen molar-refractivity contribution >= 4 is 41.3 Å². The van der Waals surface area contributed by atoms with Gasteiger partial charge in [0.25, 0.3) is 11.8 Å². The van der Waals surface area contributed by atoms with Gasteiger partial charge in [-0.15, -0.1) is 0 Å². The summed E-state index contributed by atoms with van der Waals surface area (Å²) in [5.41, 5.74) is 0.992. The van der Waals surface area contributed by atoms with Crippen LogP contribution in [0, 0.1) is 5.92 Å². The number of carboxylic acids is 1. The maximum Gasteiger partial charge on any atom is 0.318 e. The number of esters is 1. The quantitative estimate of drug-likeness (QED) is 0.0725. The van der Waals surface area contributed by atoms with Crippen LogP contribution >= 0.6 is 0 Å². The maximum atomic E-state index is 14.4. The highest BCUT2D eigenvalue weighted by molar-refractivity contribution is 6.40. The number of hydrogen-bond donors (Lipinski definition) is 2. The summed E-state index contributed by atoms with van der Waals surface area (Å²) in [6.07, 6.45) is 2.66. The minimum atomic E-state index is -1.89. The number of rotatable bonds is 16. The number of ether oxygens (including phenoxy) is 4. The molecule has 0 bridgehead atoms. The molecule has 55 heavy (non-hydrogen) atoms. The van der Waals surface area contributed by atoms with Gasteiger partial charge in [0.2, 0.25) is 12.6 Å². The molecular formula is C42H44N2O11. The third-order valence-corrected chi connectivity index (χ3v) is 8.80. The number of hydrogen-bond acceptors (Lipinski definition) is 10. The molecule has 13 heteroatoms. The number of fused-ring (bicyclic) bond motifs is 1. The first-order chi connectivity index (χ1) is 26.2. The number of Topliss-reactive ketones (excluding diaryl/α,β-unsaturated/α-hetero) is 1. The number of methoxy groups -OCH3 is 1. The molecule has 3 atom stereocenters. The predicted molar refractivity (Wildman–Crippen MR) is 202 cm³/mol. The van der Waals surface area contributed by atoms with E-state index in [4.69, 9.17) is 23.4 Å². The summed E-state index contributed by atoms with van der Waals surface area (Å²) in [7, 11) is 1.54. The molecule has 3 unspecified atom stereocenters. The smallest absolute Gasteiger partial charge is 0.318 e. The summed E-state index contributed by atoms with van der Waals surface area (Å²) >= 11 is 0. The topological polar surface area (TPSA) is 171 Å². The first kappa shape index (κ1) is 39.8. The molecular weight excluding hydrogens is 708 g/mol. The first-order valence-electron chi connectivity index (χ1n) is 17.7. The van der Waals surface area contributed by atoms with Gasteiger partial charge in [0.05, 0.1) is 13.5 Å². The fraction of sp³-hybridized carbons (Fsp3) is 0.310. The van der Waals surface area contributed by atoms with Gasteiger partial charge in [0.1, 0.15) is 23.0 Å². The summed E-state index contributed by atoms with van der Waals surface area (Å²) in [5, 5.41) is 12.4. The van der Waals surface area contributed by atoms with Gasteiger partial charge in [-0.05, 0) is 87.4 Å². The fourth-order valence-corrected chi connectivity index (χ4v) is 6.07. The molecule has 2 heterocycles. The minimum absolute atomic E-state index is 0.0287. The van der Waals surface area contributed by atoms with E-state index in [1.807, 2.05) is 18.2 Å². The lowest BCUT2D eigenvalue weighted by Gasteiger charge is -2.35. The molecule has 288 valence electrons. The van der Waals surface area contributed by atoms with Gasteiger partial charge >= 0.3 is 11.9 Å². The molecule has 0 saturated heterocycles. The Kier molecular flexibility index (Phi) is 12.8. The van der Waals surface area contributed by atoms with Crippen LogP contribution in [0.4, 0.5) is 5.69 Å². The van der Waals surface area contributed by atoms with Crippen molar-refractivity contribution in [1.82, 2.24) is 4.90 Å². The number of para-hydroxylation sites is 1. The van der Waals surface area contributed by atoms with Crippen molar-refractivity contribution in [2.45, 2.75) is 58.1 Å². The normalized spacial score (nSPS) is 13.8. The van der Waals surface area contributed by atoms with E-state index in [-0.39, 0.29) is 25.5 Å². The SMILES string of the molecule is COc1cccc(C=CCN(C(=O)C(=O)C(CC(=O)O)C(=O)OC(C)(C)C)C(C)C(Cc2ccc(C(=O)Nc3ccccc3)o2)c2ccc3c(c2)OCO3)c1. The number of nitrogens with one attached hydrogen (secondary N) is 1. The van der Waals surface area contributed by atoms with Crippen molar-refractivity contribution in [3.63, 3.8) is 0 Å². The number of anilines is 1. The van der Waals surface area contributed by atoms with Crippen LogP contribution in [0.5, 0.6) is 17.2 Å². The molecule has 13 nitrogen and oxygen atoms in total. The highest BCUT2D eigenvalue weighted by atomic mass is 16.7. The molecule has 4 aromatic rings. The molecule has 0 saturated carbocycles. The lowest BCUT2D eigenvalue weighted by atomic mass is 9.86. The van der Waals surface area contributed by atoms with E-state index in [0.29, 0.717) is 34.3 Å². The largest absolute Gasteiger partial charge is 0.497 e. The number of carbonyl (C=O) groups excluding carboxylic acids is 4. The third kappa shape index (κ3) is 10.6. The van der Waals surface area contributed by atoms with Gasteiger partial charge in [-0.25, -0.2) is 0 Å². The van der Waals surface area contributed by atoms with Gasteiger partial charge in [-0.2, -0.15) is 0 Å². The van der Waals surface area contributed by atoms with Crippen LogP contribution < -0.4 is 19.5 Å². The van der Waals surface area contributed by atoms with Crippen LogP contribution in [-0.2, 0) is 30.3 Å². The average Bonchev–Trinajstić information content (AvgIpc) is 3.83. The van der Waals surface area contributed by atoms with Crippen LogP contribution in [0.15, 0.2) is 95.4 Å². The molecule has 2 N–H and O–H groups in total. The van der Waals surface area contributed by atoms with E-state index in [1.165, 1.54) is 4.90 Å². The van der Waals surface area contributed by atoms with Crippen molar-refractivity contribution in [1.29, 1.82) is 0 Å². The van der Waals surface area contributed by atoms with E-state index in [2.05, 4.69) is 5.32 Å². The number of carboxylic acid groups (broad SMARTS) is 1. The predicted octanol–water partition coefficient (Wildman–Crippen LogP) is 6.53. The number of benzene rings is 3. The van der Waals surface area contributed by atoms with Crippen molar-refractivity contribution in [2.75, 3.05) is 25.8 Å². The lowest BCUT2D eigenvalue weighted by Crippen LogP contribution is -2.49. The summed E-state index contributed by atoms with van der Waals surface area (Å²) in [6.45, 7) is 6.39. The zero-order valence-corrected chi connectivity index (χ0v) is 31.3. The molecule has 0 radical (unpaired) electrons. The summed E-state index contributed by atoms with van der Waals surface area (Å²) in [4.78, 5) is 67.7. The van der Waals surface area contributed by atoms with Gasteiger partial charge in [0, 0.05) is 30.6 Å². The van der Waals surface area contributed by atoms with E-state index >= 15 is 0 Å². The van der Waals surface area contributed by atoms with Gasteiger partial charge in [-0.3, -0.25) is 24.0 Å². The van der Waals surface area contributed by atoms with Gasteiger partial charge in [0.15, 0.2) is 17.3 Å². The van der Waals surface area contributed by atoms with Crippen molar-refractivity contribution in [2.24, 2.45) is 5.92 Å². The van der Waals surface area contributed by atoms with E-state index in [9.17, 15) is 29.1 Å². The Morgan fingerprint density at radius 3 is 2.38 bits per heavy atom. The monoisotopic (exact) mass is 752 g/mol. The van der Waals surface area contributed by atoms with Crippen molar-refractivity contribution in [3.05, 3.63) is 114 Å². The highest BCUT2D eigenvalue weighted by Gasteiger charge is 2.41. The van der Waals surface area contributed by atoms with Crippen LogP contribution in [0.3, 0.4) is 0 Å². The molecule has 5 rings (SSSR count). The van der Waals surface area contributed by atoms with Crippen LogP contribution in [0.25, 0.3) is 6.08 Å². The summed E-state index contributed by atoms with van der Waals surface area (Å²) < 4.78 is 27.9. The summed E-state index contributed by atoms with van der Waals surface area (Å²) in [5.74, 6) is -5.68. The van der Waals surface area contributed by atoms with E-state index in [0.717, 1.165) is 5.56 Å². The Labute approximate surface area is 318 Å². The molecule has 0 aliphatic carbocycles. The Morgan fingerprint density at radius 2 is 1.67 bits per heavy atom. The van der Waals surface area contributed by atoms with Crippen molar-refractivity contribution in [3.8, 4) is 17.2 Å². The number of carbonyl (C=O) groups is 5. The molecule has 0 spiro atoms. The second-order valence-corrected chi connectivity index (χ2v) is 13.9. The Bertz CT molecular complexity index is 2050. The second-order valence-electron chi connectivity index (χ2n) is 13.9. The second kappa shape index (κ2) is 17.6. The van der Waals surface area contributed by atoms with Gasteiger partial charge < -0.3 is 38.7 Å². The third-order valence-electron chi connectivity index (χ3n) is 8.80. The standard InChI is InChI=1S/C42H44N2O11/c1-26(32(28-16-18-34-36(22-28)53-25-52-34)23-31-17-19-35(54-31)39(48)43-29-13-7-6-8-14-29)44(20-10-12-27-11-9-15-30(21-27)51-5)40(49)38(47)33(24-37(45)46)41(50)55-42(2,3)4/h6-19,21-22,26,32-33H,20,23-25H2,1-5H3,(H,43,48)(H,45,46). The molecule has 3 aromatic carbocycles. The zero-order valence-electron chi connectivity index (χ0n) is 31.3. The number of furan rings is 1. The highest BCUT2D eigenvalue weighted by Crippen LogP contribution is 2.38. The molecule has 0 fully saturated rings. The number of ketones is 1. The van der Waals surface area contributed by atoms with Crippen LogP contribution in [-0.4, -0.2) is 71.6 Å². The maximum absolute atomic E-state index is 14.4. The number of nitrogens with zero attached hydrogens (tertiary/aromatic N) is 1. The Hall–Kier alpha value is -6.37. The molecule has 1 aromatic heterocycles.